The molecule has 0 fully saturated rings. The largest absolute Gasteiger partial charge is 0.399 e. The first-order valence-electron chi connectivity index (χ1n) is 10.5. The summed E-state index contributed by atoms with van der Waals surface area (Å²) in [6.07, 6.45) is 0. The molecule has 172 valence electrons. The van der Waals surface area contributed by atoms with Crippen molar-refractivity contribution in [3.05, 3.63) is 89.5 Å². The molecule has 4 rings (SSSR count). The molecule has 0 bridgehead atoms. The first-order chi connectivity index (χ1) is 15.4. The van der Waals surface area contributed by atoms with Crippen LogP contribution in [0.2, 0.25) is 0 Å². The zero-order valence-corrected chi connectivity index (χ0v) is 19.6. The Bertz CT molecular complexity index is 1300. The van der Waals surface area contributed by atoms with E-state index in [-0.39, 0.29) is 11.4 Å². The molecule has 0 saturated heterocycles. The molecule has 1 aliphatic heterocycles. The summed E-state index contributed by atoms with van der Waals surface area (Å²) in [7, 11) is -3.74. The van der Waals surface area contributed by atoms with Crippen molar-refractivity contribution in [1.29, 1.82) is 0 Å². The molecule has 3 aromatic rings. The molecule has 0 saturated carbocycles. The number of sulfonamides is 1. The number of rotatable bonds is 5. The summed E-state index contributed by atoms with van der Waals surface area (Å²) in [5.74, 6) is -0.496. The third-order valence-corrected chi connectivity index (χ3v) is 7.26. The van der Waals surface area contributed by atoms with Crippen LogP contribution in [0.1, 0.15) is 37.5 Å². The van der Waals surface area contributed by atoms with Gasteiger partial charge in [-0.05, 0) is 62.2 Å². The van der Waals surface area contributed by atoms with E-state index in [1.165, 1.54) is 29.2 Å². The fraction of sp³-hybridized carbons (Fsp3) is 0.240. The number of benzene rings is 3. The van der Waals surface area contributed by atoms with Gasteiger partial charge in [-0.3, -0.25) is 4.79 Å². The second-order valence-corrected chi connectivity index (χ2v) is 10.9. The van der Waals surface area contributed by atoms with Crippen LogP contribution in [0.4, 0.5) is 11.4 Å². The van der Waals surface area contributed by atoms with Crippen molar-refractivity contribution >= 4 is 27.3 Å². The smallest absolute Gasteiger partial charge is 0.268 e. The fourth-order valence-corrected chi connectivity index (χ4v) is 5.43. The zero-order valence-electron chi connectivity index (χ0n) is 18.7. The lowest BCUT2D eigenvalue weighted by atomic mass is 9.87. The van der Waals surface area contributed by atoms with E-state index in [9.17, 15) is 18.3 Å². The summed E-state index contributed by atoms with van der Waals surface area (Å²) in [6, 6.07) is 20.0. The number of amides is 1. The Labute approximate surface area is 193 Å². The minimum absolute atomic E-state index is 0.0576. The van der Waals surface area contributed by atoms with Crippen LogP contribution in [-0.2, 0) is 27.0 Å². The minimum Gasteiger partial charge on any atom is -0.399 e. The first kappa shape index (κ1) is 23.0. The number of nitrogens with two attached hydrogens (primary N) is 1. The molecule has 7 nitrogen and oxygen atoms in total. The summed E-state index contributed by atoms with van der Waals surface area (Å²) < 4.78 is 27.9. The Morgan fingerprint density at radius 2 is 1.58 bits per heavy atom. The van der Waals surface area contributed by atoms with Gasteiger partial charge in [-0.25, -0.2) is 13.1 Å². The van der Waals surface area contributed by atoms with Gasteiger partial charge in [0.05, 0.1) is 17.1 Å². The SMILES string of the molecule is CC(C)(C)NS(=O)(=O)c1ccc(C2(O)C(=O)N(Cc3ccc(N)cc3)c3ccccc32)cc1. The van der Waals surface area contributed by atoms with E-state index in [0.717, 1.165) is 5.56 Å². The standard InChI is InChI=1S/C25H27N3O4S/c1-24(2,3)27-33(31,32)20-14-10-18(11-15-20)25(30)21-6-4-5-7-22(21)28(23(25)29)16-17-8-12-19(26)13-9-17/h4-15,27,30H,16,26H2,1-3H3. The van der Waals surface area contributed by atoms with Crippen LogP contribution in [-0.4, -0.2) is 25.0 Å². The molecule has 8 heteroatoms. The number of carbonyl (C=O) groups excluding carboxylic acids is 1. The molecule has 0 spiro atoms. The topological polar surface area (TPSA) is 113 Å². The Hall–Kier alpha value is -3.20. The van der Waals surface area contributed by atoms with E-state index in [1.807, 2.05) is 18.2 Å². The summed E-state index contributed by atoms with van der Waals surface area (Å²) in [5, 5.41) is 11.7. The molecule has 0 aromatic heterocycles. The first-order valence-corrected chi connectivity index (χ1v) is 12.0. The third kappa shape index (κ3) is 4.25. The summed E-state index contributed by atoms with van der Waals surface area (Å²) in [4.78, 5) is 15.1. The second-order valence-electron chi connectivity index (χ2n) is 9.24. The average Bonchev–Trinajstić information content (AvgIpc) is 2.97. The van der Waals surface area contributed by atoms with Crippen molar-refractivity contribution in [2.45, 2.75) is 43.4 Å². The Balaban J connectivity index is 1.71. The number of aliphatic hydroxyl groups is 1. The van der Waals surface area contributed by atoms with Crippen molar-refractivity contribution in [2.24, 2.45) is 0 Å². The lowest BCUT2D eigenvalue weighted by Gasteiger charge is -2.24. The molecule has 4 N–H and O–H groups in total. The molecule has 0 radical (unpaired) electrons. The van der Waals surface area contributed by atoms with Gasteiger partial charge in [0.1, 0.15) is 0 Å². The fourth-order valence-electron chi connectivity index (χ4n) is 4.01. The minimum atomic E-state index is -3.74. The highest BCUT2D eigenvalue weighted by Gasteiger charge is 2.50. The Morgan fingerprint density at radius 3 is 2.18 bits per heavy atom. The van der Waals surface area contributed by atoms with Gasteiger partial charge in [0, 0.05) is 16.8 Å². The lowest BCUT2D eigenvalue weighted by molar-refractivity contribution is -0.132. The number of anilines is 2. The maximum Gasteiger partial charge on any atom is 0.268 e. The summed E-state index contributed by atoms with van der Waals surface area (Å²) >= 11 is 0. The quantitative estimate of drug-likeness (QED) is 0.501. The van der Waals surface area contributed by atoms with E-state index < -0.39 is 27.1 Å². The van der Waals surface area contributed by atoms with Crippen LogP contribution in [0, 0.1) is 0 Å². The predicted octanol–water partition coefficient (Wildman–Crippen LogP) is 3.13. The highest BCUT2D eigenvalue weighted by atomic mass is 32.2. The van der Waals surface area contributed by atoms with E-state index in [1.54, 1.807) is 51.1 Å². The van der Waals surface area contributed by atoms with Gasteiger partial charge >= 0.3 is 0 Å². The molecule has 3 aromatic carbocycles. The number of hydrogen-bond acceptors (Lipinski definition) is 5. The van der Waals surface area contributed by atoms with Gasteiger partial charge in [0.25, 0.3) is 5.91 Å². The van der Waals surface area contributed by atoms with Gasteiger partial charge in [0.15, 0.2) is 5.60 Å². The number of nitrogens with zero attached hydrogens (tertiary/aromatic N) is 1. The molecule has 0 aliphatic carbocycles. The molecular formula is C25H27N3O4S. The number of nitrogen functional groups attached to an aromatic ring is 1. The van der Waals surface area contributed by atoms with Crippen LogP contribution in [0.3, 0.4) is 0 Å². The number of fused-ring (bicyclic) bond motifs is 1. The summed E-state index contributed by atoms with van der Waals surface area (Å²) in [6.45, 7) is 5.53. The normalized spacial score (nSPS) is 18.4. The highest BCUT2D eigenvalue weighted by molar-refractivity contribution is 7.89. The van der Waals surface area contributed by atoms with Crippen molar-refractivity contribution in [3.8, 4) is 0 Å². The average molecular weight is 466 g/mol. The molecule has 1 heterocycles. The second kappa shape index (κ2) is 7.98. The van der Waals surface area contributed by atoms with E-state index in [4.69, 9.17) is 5.73 Å². The Morgan fingerprint density at radius 1 is 0.970 bits per heavy atom. The van der Waals surface area contributed by atoms with Crippen LogP contribution in [0.15, 0.2) is 77.7 Å². The molecule has 1 unspecified atom stereocenters. The van der Waals surface area contributed by atoms with Gasteiger partial charge in [-0.15, -0.1) is 0 Å². The van der Waals surface area contributed by atoms with E-state index in [2.05, 4.69) is 4.72 Å². The maximum atomic E-state index is 13.5. The number of hydrogen-bond donors (Lipinski definition) is 3. The van der Waals surface area contributed by atoms with Gasteiger partial charge in [-0.1, -0.05) is 42.5 Å². The number of carbonyl (C=O) groups is 1. The zero-order chi connectivity index (χ0) is 24.0. The molecule has 33 heavy (non-hydrogen) atoms. The lowest BCUT2D eigenvalue weighted by Crippen LogP contribution is -2.41. The number of para-hydroxylation sites is 1. The highest BCUT2D eigenvalue weighted by Crippen LogP contribution is 2.45. The molecule has 1 aliphatic rings. The van der Waals surface area contributed by atoms with Crippen molar-refractivity contribution in [3.63, 3.8) is 0 Å². The van der Waals surface area contributed by atoms with Gasteiger partial charge in [-0.2, -0.15) is 0 Å². The van der Waals surface area contributed by atoms with Crippen LogP contribution >= 0.6 is 0 Å². The van der Waals surface area contributed by atoms with Crippen molar-refractivity contribution in [2.75, 3.05) is 10.6 Å². The summed E-state index contributed by atoms with van der Waals surface area (Å²) in [5.41, 5.74) is 6.05. The predicted molar refractivity (Wildman–Crippen MR) is 128 cm³/mol. The van der Waals surface area contributed by atoms with Gasteiger partial charge < -0.3 is 15.7 Å². The molecule has 1 amide bonds. The third-order valence-electron chi connectivity index (χ3n) is 5.48. The van der Waals surface area contributed by atoms with E-state index in [0.29, 0.717) is 22.5 Å². The van der Waals surface area contributed by atoms with Crippen LogP contribution in [0.25, 0.3) is 0 Å². The van der Waals surface area contributed by atoms with E-state index >= 15 is 0 Å². The van der Waals surface area contributed by atoms with Crippen molar-refractivity contribution in [1.82, 2.24) is 4.72 Å². The Kier molecular flexibility index (Phi) is 5.56. The molecule has 1 atom stereocenters. The number of nitrogens with one attached hydrogen (secondary N) is 1. The van der Waals surface area contributed by atoms with Crippen LogP contribution < -0.4 is 15.4 Å². The van der Waals surface area contributed by atoms with Crippen LogP contribution in [0.5, 0.6) is 0 Å². The maximum absolute atomic E-state index is 13.5. The van der Waals surface area contributed by atoms with Crippen molar-refractivity contribution < 1.29 is 18.3 Å². The van der Waals surface area contributed by atoms with Gasteiger partial charge in [0.2, 0.25) is 10.0 Å². The molecular weight excluding hydrogens is 438 g/mol. The monoisotopic (exact) mass is 465 g/mol.